The Morgan fingerprint density at radius 1 is 1.54 bits per heavy atom. The van der Waals surface area contributed by atoms with E-state index < -0.39 is 18.4 Å². The zero-order valence-corrected chi connectivity index (χ0v) is 8.65. The van der Waals surface area contributed by atoms with Gasteiger partial charge in [-0.15, -0.1) is 0 Å². The van der Waals surface area contributed by atoms with Gasteiger partial charge in [0.05, 0.1) is 14.1 Å². The lowest BCUT2D eigenvalue weighted by molar-refractivity contribution is -0.972. The molecule has 13 heavy (non-hydrogen) atoms. The third-order valence-corrected chi connectivity index (χ3v) is 2.35. The van der Waals surface area contributed by atoms with Crippen molar-refractivity contribution in [1.82, 2.24) is 0 Å². The summed E-state index contributed by atoms with van der Waals surface area (Å²) in [6.07, 6.45) is 0.122. The van der Waals surface area contributed by atoms with Gasteiger partial charge in [0.2, 0.25) is 6.23 Å². The molecule has 0 fully saturated rings. The van der Waals surface area contributed by atoms with Gasteiger partial charge in [-0.05, 0) is 0 Å². The SMILES string of the molecule is C=CC(=O)OC(C)[N+](C)(C)C(C)O. The van der Waals surface area contributed by atoms with Gasteiger partial charge in [-0.25, -0.2) is 4.79 Å². The number of carbonyl (C=O) groups excluding carboxylic acids is 1. The highest BCUT2D eigenvalue weighted by molar-refractivity contribution is 5.81. The third kappa shape index (κ3) is 3.16. The Labute approximate surface area is 79.0 Å². The molecule has 1 N–H and O–H groups in total. The fourth-order valence-corrected chi connectivity index (χ4v) is 0.656. The molecule has 0 aromatic rings. The second-order valence-electron chi connectivity index (χ2n) is 3.50. The van der Waals surface area contributed by atoms with Crippen molar-refractivity contribution in [1.29, 1.82) is 0 Å². The lowest BCUT2D eigenvalue weighted by Gasteiger charge is -2.36. The number of rotatable bonds is 4. The monoisotopic (exact) mass is 188 g/mol. The van der Waals surface area contributed by atoms with Crippen molar-refractivity contribution in [2.75, 3.05) is 14.1 Å². The number of ether oxygens (including phenoxy) is 1. The maximum absolute atomic E-state index is 10.9. The minimum absolute atomic E-state index is 0.208. The van der Waals surface area contributed by atoms with Crippen LogP contribution in [-0.2, 0) is 9.53 Å². The molecular weight excluding hydrogens is 170 g/mol. The summed E-state index contributed by atoms with van der Waals surface area (Å²) in [6.45, 7) is 6.68. The van der Waals surface area contributed by atoms with Gasteiger partial charge in [-0.3, -0.25) is 4.48 Å². The number of esters is 1. The normalized spacial score (nSPS) is 16.1. The van der Waals surface area contributed by atoms with Crippen LogP contribution in [0.4, 0.5) is 0 Å². The molecule has 2 unspecified atom stereocenters. The molecule has 0 aliphatic heterocycles. The zero-order chi connectivity index (χ0) is 10.6. The standard InChI is InChI=1S/C9H18NO3/c1-6-9(12)13-8(3)10(4,5)7(2)11/h6-8,11H,1H2,2-5H3/q+1. The van der Waals surface area contributed by atoms with Crippen LogP contribution in [0.5, 0.6) is 0 Å². The summed E-state index contributed by atoms with van der Waals surface area (Å²) in [5.74, 6) is -0.473. The summed E-state index contributed by atoms with van der Waals surface area (Å²) in [7, 11) is 3.57. The van der Waals surface area contributed by atoms with E-state index in [4.69, 9.17) is 4.74 Å². The van der Waals surface area contributed by atoms with E-state index in [9.17, 15) is 9.90 Å². The van der Waals surface area contributed by atoms with Crippen molar-refractivity contribution in [3.63, 3.8) is 0 Å². The fraction of sp³-hybridized carbons (Fsp3) is 0.667. The average Bonchev–Trinajstić information content (AvgIpc) is 2.03. The lowest BCUT2D eigenvalue weighted by atomic mass is 10.4. The van der Waals surface area contributed by atoms with E-state index in [2.05, 4.69) is 6.58 Å². The van der Waals surface area contributed by atoms with E-state index in [1.54, 1.807) is 27.9 Å². The maximum atomic E-state index is 10.9. The predicted molar refractivity (Wildman–Crippen MR) is 49.5 cm³/mol. The molecule has 0 heterocycles. The number of aliphatic hydroxyl groups excluding tert-OH is 1. The van der Waals surface area contributed by atoms with Crippen LogP contribution in [0.1, 0.15) is 13.8 Å². The highest BCUT2D eigenvalue weighted by Gasteiger charge is 2.31. The van der Waals surface area contributed by atoms with Crippen molar-refractivity contribution < 1.29 is 19.1 Å². The Kier molecular flexibility index (Phi) is 4.10. The molecule has 0 aliphatic carbocycles. The lowest BCUT2D eigenvalue weighted by Crippen LogP contribution is -2.54. The van der Waals surface area contributed by atoms with Crippen LogP contribution in [0.25, 0.3) is 0 Å². The van der Waals surface area contributed by atoms with Gasteiger partial charge < -0.3 is 9.84 Å². The first kappa shape index (κ1) is 12.1. The van der Waals surface area contributed by atoms with E-state index in [-0.39, 0.29) is 4.48 Å². The molecule has 0 aromatic heterocycles. The molecule has 4 heteroatoms. The largest absolute Gasteiger partial charge is 0.409 e. The number of nitrogens with zero attached hydrogens (tertiary/aromatic N) is 1. The van der Waals surface area contributed by atoms with Crippen LogP contribution in [0.15, 0.2) is 12.7 Å². The van der Waals surface area contributed by atoms with Gasteiger partial charge in [0, 0.05) is 19.9 Å². The molecule has 0 aliphatic rings. The molecule has 0 radical (unpaired) electrons. The number of aliphatic hydroxyl groups is 1. The molecule has 2 atom stereocenters. The van der Waals surface area contributed by atoms with E-state index in [0.717, 1.165) is 6.08 Å². The number of carbonyl (C=O) groups is 1. The molecule has 76 valence electrons. The van der Waals surface area contributed by atoms with Gasteiger partial charge in [-0.2, -0.15) is 0 Å². The van der Waals surface area contributed by atoms with E-state index >= 15 is 0 Å². The molecule has 0 spiro atoms. The topological polar surface area (TPSA) is 46.5 Å². The van der Waals surface area contributed by atoms with Crippen LogP contribution in [0, 0.1) is 0 Å². The Morgan fingerprint density at radius 3 is 2.31 bits per heavy atom. The Bertz CT molecular complexity index is 199. The summed E-state index contributed by atoms with van der Waals surface area (Å²) in [4.78, 5) is 10.9. The van der Waals surface area contributed by atoms with Crippen molar-refractivity contribution in [2.45, 2.75) is 26.3 Å². The predicted octanol–water partition coefficient (Wildman–Crippen LogP) is 0.476. The third-order valence-electron chi connectivity index (χ3n) is 2.35. The van der Waals surface area contributed by atoms with Gasteiger partial charge in [0.15, 0.2) is 6.23 Å². The van der Waals surface area contributed by atoms with Gasteiger partial charge in [0.25, 0.3) is 0 Å². The Balaban J connectivity index is 4.32. The fourth-order valence-electron chi connectivity index (χ4n) is 0.656. The van der Waals surface area contributed by atoms with Crippen LogP contribution >= 0.6 is 0 Å². The quantitative estimate of drug-likeness (QED) is 0.302. The van der Waals surface area contributed by atoms with E-state index in [1.165, 1.54) is 0 Å². The number of quaternary nitrogens is 1. The first-order valence-corrected chi connectivity index (χ1v) is 4.16. The molecule has 0 amide bonds. The first-order valence-electron chi connectivity index (χ1n) is 4.16. The van der Waals surface area contributed by atoms with Crippen LogP contribution in [0.3, 0.4) is 0 Å². The molecule has 0 saturated carbocycles. The Hall–Kier alpha value is -0.870. The average molecular weight is 188 g/mol. The number of hydrogen-bond acceptors (Lipinski definition) is 3. The maximum Gasteiger partial charge on any atom is 0.334 e. The van der Waals surface area contributed by atoms with Crippen molar-refractivity contribution in [3.8, 4) is 0 Å². The second kappa shape index (κ2) is 4.39. The Morgan fingerprint density at radius 2 is 2.00 bits per heavy atom. The van der Waals surface area contributed by atoms with Crippen LogP contribution in [0.2, 0.25) is 0 Å². The number of hydrogen-bond donors (Lipinski definition) is 1. The van der Waals surface area contributed by atoms with Gasteiger partial charge >= 0.3 is 5.97 Å². The first-order chi connectivity index (χ1) is 5.82. The van der Waals surface area contributed by atoms with Crippen LogP contribution in [-0.4, -0.2) is 42.1 Å². The minimum atomic E-state index is -0.590. The summed E-state index contributed by atoms with van der Waals surface area (Å²) >= 11 is 0. The van der Waals surface area contributed by atoms with Crippen molar-refractivity contribution in [3.05, 3.63) is 12.7 Å². The molecule has 0 bridgehead atoms. The second-order valence-corrected chi connectivity index (χ2v) is 3.50. The minimum Gasteiger partial charge on any atom is -0.409 e. The molecule has 4 nitrogen and oxygen atoms in total. The smallest absolute Gasteiger partial charge is 0.334 e. The summed E-state index contributed by atoms with van der Waals surface area (Å²) < 4.78 is 5.19. The highest BCUT2D eigenvalue weighted by atomic mass is 16.6. The van der Waals surface area contributed by atoms with Crippen molar-refractivity contribution in [2.24, 2.45) is 0 Å². The van der Waals surface area contributed by atoms with Gasteiger partial charge in [-0.1, -0.05) is 6.58 Å². The zero-order valence-electron chi connectivity index (χ0n) is 8.65. The van der Waals surface area contributed by atoms with Crippen molar-refractivity contribution >= 4 is 5.97 Å². The van der Waals surface area contributed by atoms with Crippen LogP contribution < -0.4 is 0 Å². The summed E-state index contributed by atoms with van der Waals surface area (Å²) in [5.41, 5.74) is 0. The van der Waals surface area contributed by atoms with E-state index in [0.29, 0.717) is 0 Å². The summed E-state index contributed by atoms with van der Waals surface area (Å²) in [6, 6.07) is 0. The molecule has 0 saturated heterocycles. The summed E-state index contributed by atoms with van der Waals surface area (Å²) in [5, 5.41) is 9.39. The van der Waals surface area contributed by atoms with E-state index in [1.807, 2.05) is 0 Å². The highest BCUT2D eigenvalue weighted by Crippen LogP contribution is 2.12. The van der Waals surface area contributed by atoms with Gasteiger partial charge in [0.1, 0.15) is 0 Å². The molecular formula is C9H18NO3+. The molecule has 0 aromatic carbocycles. The molecule has 0 rings (SSSR count).